The summed E-state index contributed by atoms with van der Waals surface area (Å²) in [5.41, 5.74) is 1.61. The van der Waals surface area contributed by atoms with E-state index in [0.717, 1.165) is 11.1 Å². The fourth-order valence-corrected chi connectivity index (χ4v) is 2.50. The molecule has 0 aliphatic heterocycles. The maximum Gasteiger partial charge on any atom is 0.247 e. The van der Waals surface area contributed by atoms with Crippen LogP contribution in [0.5, 0.6) is 0 Å². The Bertz CT molecular complexity index is 601. The van der Waals surface area contributed by atoms with Crippen LogP contribution in [0.25, 0.3) is 0 Å². The number of carbonyl (C=O) groups is 1. The number of nitrogens with one attached hydrogen (secondary N) is 1. The lowest BCUT2D eigenvalue weighted by molar-refractivity contribution is -0.118. The number of sulfone groups is 1. The summed E-state index contributed by atoms with van der Waals surface area (Å²) in [5, 5.41) is 2.90. The molecule has 1 unspecified atom stereocenters. The standard InChI is InChI=1S/C15H21NO3S/c1-5-12(6-2)15(17)16-11(3)13-7-9-14(10-8-13)20(4,18)19/h5,7-11H,6H2,1-4H3,(H,16,17)/b12-5+. The van der Waals surface area contributed by atoms with Crippen LogP contribution >= 0.6 is 0 Å². The molecule has 1 N–H and O–H groups in total. The molecule has 0 aliphatic carbocycles. The topological polar surface area (TPSA) is 63.2 Å². The van der Waals surface area contributed by atoms with E-state index in [1.807, 2.05) is 20.8 Å². The van der Waals surface area contributed by atoms with Gasteiger partial charge in [0.05, 0.1) is 10.9 Å². The van der Waals surface area contributed by atoms with Crippen molar-refractivity contribution in [3.05, 3.63) is 41.5 Å². The number of hydrogen-bond donors (Lipinski definition) is 1. The van der Waals surface area contributed by atoms with Gasteiger partial charge in [-0.15, -0.1) is 0 Å². The Hall–Kier alpha value is -1.62. The molecule has 1 aromatic rings. The predicted octanol–water partition coefficient (Wildman–Crippen LogP) is 2.62. The number of allylic oxidation sites excluding steroid dienone is 1. The zero-order valence-corrected chi connectivity index (χ0v) is 13.1. The largest absolute Gasteiger partial charge is 0.346 e. The Morgan fingerprint density at radius 1 is 1.30 bits per heavy atom. The summed E-state index contributed by atoms with van der Waals surface area (Å²) in [6, 6.07) is 6.40. The van der Waals surface area contributed by atoms with Crippen molar-refractivity contribution < 1.29 is 13.2 Å². The van der Waals surface area contributed by atoms with E-state index in [9.17, 15) is 13.2 Å². The third-order valence-corrected chi connectivity index (χ3v) is 4.31. The van der Waals surface area contributed by atoms with Gasteiger partial charge in [-0.2, -0.15) is 0 Å². The van der Waals surface area contributed by atoms with Crippen molar-refractivity contribution in [2.45, 2.75) is 38.1 Å². The molecular formula is C15H21NO3S. The Balaban J connectivity index is 2.84. The molecular weight excluding hydrogens is 274 g/mol. The number of amides is 1. The smallest absolute Gasteiger partial charge is 0.247 e. The molecule has 1 aromatic carbocycles. The summed E-state index contributed by atoms with van der Waals surface area (Å²) >= 11 is 0. The van der Waals surface area contributed by atoms with Crippen molar-refractivity contribution in [2.75, 3.05) is 6.26 Å². The summed E-state index contributed by atoms with van der Waals surface area (Å²) < 4.78 is 22.8. The normalized spacial score (nSPS) is 13.9. The van der Waals surface area contributed by atoms with Gasteiger partial charge >= 0.3 is 0 Å². The highest BCUT2D eigenvalue weighted by Crippen LogP contribution is 2.17. The molecule has 0 fully saturated rings. The first-order chi connectivity index (χ1) is 9.29. The Morgan fingerprint density at radius 3 is 2.25 bits per heavy atom. The van der Waals surface area contributed by atoms with Crippen LogP contribution in [0, 0.1) is 0 Å². The molecule has 1 rings (SSSR count). The van der Waals surface area contributed by atoms with Crippen LogP contribution in [-0.2, 0) is 14.6 Å². The zero-order chi connectivity index (χ0) is 15.3. The highest BCUT2D eigenvalue weighted by molar-refractivity contribution is 7.90. The predicted molar refractivity (Wildman–Crippen MR) is 80.2 cm³/mol. The third kappa shape index (κ3) is 4.20. The van der Waals surface area contributed by atoms with Crippen LogP contribution in [0.3, 0.4) is 0 Å². The SMILES string of the molecule is C/C=C(\CC)C(=O)NC(C)c1ccc(S(C)(=O)=O)cc1. The van der Waals surface area contributed by atoms with Gasteiger partial charge in [-0.3, -0.25) is 4.79 Å². The molecule has 0 heterocycles. The molecule has 0 saturated heterocycles. The highest BCUT2D eigenvalue weighted by atomic mass is 32.2. The lowest BCUT2D eigenvalue weighted by Crippen LogP contribution is -2.27. The lowest BCUT2D eigenvalue weighted by Gasteiger charge is -2.15. The van der Waals surface area contributed by atoms with Crippen LogP contribution in [0.15, 0.2) is 40.8 Å². The van der Waals surface area contributed by atoms with Crippen molar-refractivity contribution >= 4 is 15.7 Å². The van der Waals surface area contributed by atoms with Gasteiger partial charge in [0.15, 0.2) is 9.84 Å². The number of rotatable bonds is 5. The first-order valence-electron chi connectivity index (χ1n) is 6.55. The molecule has 0 spiro atoms. The second-order valence-corrected chi connectivity index (χ2v) is 6.72. The fourth-order valence-electron chi connectivity index (χ4n) is 1.87. The van der Waals surface area contributed by atoms with Crippen LogP contribution < -0.4 is 5.32 Å². The molecule has 4 nitrogen and oxygen atoms in total. The highest BCUT2D eigenvalue weighted by Gasteiger charge is 2.13. The van der Waals surface area contributed by atoms with Gasteiger partial charge in [0.2, 0.25) is 5.91 Å². The summed E-state index contributed by atoms with van der Waals surface area (Å²) in [5.74, 6) is -0.0883. The van der Waals surface area contributed by atoms with Crippen molar-refractivity contribution in [3.8, 4) is 0 Å². The summed E-state index contributed by atoms with van der Waals surface area (Å²) in [4.78, 5) is 12.2. The summed E-state index contributed by atoms with van der Waals surface area (Å²) in [6.45, 7) is 5.64. The molecule has 0 saturated carbocycles. The van der Waals surface area contributed by atoms with E-state index in [-0.39, 0.29) is 16.8 Å². The second kappa shape index (κ2) is 6.70. The minimum atomic E-state index is -3.19. The lowest BCUT2D eigenvalue weighted by atomic mass is 10.1. The van der Waals surface area contributed by atoms with Crippen LogP contribution in [0.1, 0.15) is 38.8 Å². The first-order valence-corrected chi connectivity index (χ1v) is 8.44. The molecule has 0 bridgehead atoms. The quantitative estimate of drug-likeness (QED) is 0.849. The van der Waals surface area contributed by atoms with Crippen molar-refractivity contribution in [2.24, 2.45) is 0 Å². The van der Waals surface area contributed by atoms with Crippen molar-refractivity contribution in [3.63, 3.8) is 0 Å². The van der Waals surface area contributed by atoms with E-state index in [2.05, 4.69) is 5.32 Å². The second-order valence-electron chi connectivity index (χ2n) is 4.70. The average Bonchev–Trinajstić information content (AvgIpc) is 2.39. The minimum absolute atomic E-state index is 0.0883. The van der Waals surface area contributed by atoms with Gasteiger partial charge in [-0.1, -0.05) is 25.1 Å². The molecule has 0 radical (unpaired) electrons. The third-order valence-electron chi connectivity index (χ3n) is 3.18. The molecule has 0 aromatic heterocycles. The Morgan fingerprint density at radius 2 is 1.85 bits per heavy atom. The van der Waals surface area contributed by atoms with Crippen molar-refractivity contribution in [1.29, 1.82) is 0 Å². The zero-order valence-electron chi connectivity index (χ0n) is 12.3. The maximum atomic E-state index is 11.9. The number of benzene rings is 1. The molecule has 0 aliphatic rings. The van der Waals surface area contributed by atoms with Gasteiger partial charge in [0.1, 0.15) is 0 Å². The molecule has 1 atom stereocenters. The van der Waals surface area contributed by atoms with E-state index >= 15 is 0 Å². The molecule has 1 amide bonds. The van der Waals surface area contributed by atoms with E-state index in [4.69, 9.17) is 0 Å². The average molecular weight is 295 g/mol. The molecule has 20 heavy (non-hydrogen) atoms. The van der Waals surface area contributed by atoms with Gasteiger partial charge in [-0.05, 0) is 38.0 Å². The Kier molecular flexibility index (Phi) is 5.51. The Labute approximate surface area is 120 Å². The van der Waals surface area contributed by atoms with Crippen LogP contribution in [-0.4, -0.2) is 20.6 Å². The van der Waals surface area contributed by atoms with E-state index in [1.165, 1.54) is 6.26 Å². The molecule has 110 valence electrons. The summed E-state index contributed by atoms with van der Waals surface area (Å²) in [6.07, 6.45) is 3.66. The van der Waals surface area contributed by atoms with Gasteiger partial charge in [0.25, 0.3) is 0 Å². The van der Waals surface area contributed by atoms with Gasteiger partial charge in [0, 0.05) is 11.8 Å². The monoisotopic (exact) mass is 295 g/mol. The van der Waals surface area contributed by atoms with Gasteiger partial charge < -0.3 is 5.32 Å². The minimum Gasteiger partial charge on any atom is -0.346 e. The summed E-state index contributed by atoms with van der Waals surface area (Å²) in [7, 11) is -3.19. The van der Waals surface area contributed by atoms with Crippen molar-refractivity contribution in [1.82, 2.24) is 5.32 Å². The van der Waals surface area contributed by atoms with E-state index in [1.54, 1.807) is 30.3 Å². The maximum absolute atomic E-state index is 11.9. The molecule has 5 heteroatoms. The first kappa shape index (κ1) is 16.4. The van der Waals surface area contributed by atoms with Crippen LogP contribution in [0.2, 0.25) is 0 Å². The van der Waals surface area contributed by atoms with E-state index < -0.39 is 9.84 Å². The fraction of sp³-hybridized carbons (Fsp3) is 0.400. The van der Waals surface area contributed by atoms with E-state index in [0.29, 0.717) is 6.42 Å². The van der Waals surface area contributed by atoms with Gasteiger partial charge in [-0.25, -0.2) is 8.42 Å². The number of carbonyl (C=O) groups excluding carboxylic acids is 1. The number of hydrogen-bond acceptors (Lipinski definition) is 3. The van der Waals surface area contributed by atoms with Crippen LogP contribution in [0.4, 0.5) is 0 Å².